The second kappa shape index (κ2) is 6.10. The number of aromatic nitrogens is 2. The summed E-state index contributed by atoms with van der Waals surface area (Å²) in [6, 6.07) is 5.79. The number of carbonyl (C=O) groups is 1. The van der Waals surface area contributed by atoms with E-state index >= 15 is 0 Å². The van der Waals surface area contributed by atoms with Gasteiger partial charge in [-0.25, -0.2) is 0 Å². The van der Waals surface area contributed by atoms with Crippen molar-refractivity contribution in [2.45, 2.75) is 18.8 Å². The van der Waals surface area contributed by atoms with Gasteiger partial charge in [0, 0.05) is 16.9 Å². The second-order valence-electron chi connectivity index (χ2n) is 5.23. The van der Waals surface area contributed by atoms with Gasteiger partial charge in [0.2, 0.25) is 5.91 Å². The summed E-state index contributed by atoms with van der Waals surface area (Å²) >= 11 is 3.03. The van der Waals surface area contributed by atoms with Gasteiger partial charge < -0.3 is 9.84 Å². The van der Waals surface area contributed by atoms with Crippen LogP contribution in [0.25, 0.3) is 17.5 Å². The predicted octanol–water partition coefficient (Wildman–Crippen LogP) is 4.39. The number of carbonyl (C=O) groups excluding carboxylic acids is 1. The molecule has 116 valence electrons. The molecule has 0 atom stereocenters. The van der Waals surface area contributed by atoms with E-state index in [9.17, 15) is 4.79 Å². The summed E-state index contributed by atoms with van der Waals surface area (Å²) in [6.45, 7) is 0. The highest BCUT2D eigenvalue weighted by Crippen LogP contribution is 2.40. The molecule has 3 aromatic rings. The Bertz CT molecular complexity index is 844. The molecular weight excluding hydrogens is 330 g/mol. The maximum absolute atomic E-state index is 12.1. The molecule has 1 amide bonds. The van der Waals surface area contributed by atoms with Gasteiger partial charge in [-0.05, 0) is 41.8 Å². The van der Waals surface area contributed by atoms with E-state index in [4.69, 9.17) is 4.52 Å². The first-order chi connectivity index (χ1) is 11.3. The minimum atomic E-state index is -0.177. The van der Waals surface area contributed by atoms with Crippen LogP contribution in [-0.4, -0.2) is 16.0 Å². The first-order valence-electron chi connectivity index (χ1n) is 7.23. The Balaban J connectivity index is 1.49. The Morgan fingerprint density at radius 3 is 3.00 bits per heavy atom. The number of nitrogens with zero attached hydrogens (tertiary/aromatic N) is 2. The summed E-state index contributed by atoms with van der Waals surface area (Å²) in [5.74, 6) is 1.49. The van der Waals surface area contributed by atoms with Gasteiger partial charge in [-0.1, -0.05) is 11.2 Å². The molecule has 0 aromatic carbocycles. The second-order valence-corrected chi connectivity index (χ2v) is 7.13. The number of hydrogen-bond acceptors (Lipinski definition) is 6. The number of anilines is 1. The summed E-state index contributed by atoms with van der Waals surface area (Å²) in [6.07, 6.45) is 5.57. The fraction of sp³-hybridized carbons (Fsp3) is 0.188. The van der Waals surface area contributed by atoms with Crippen molar-refractivity contribution in [3.05, 3.63) is 45.7 Å². The minimum Gasteiger partial charge on any atom is -0.334 e. The minimum absolute atomic E-state index is 0.177. The molecule has 4 rings (SSSR count). The zero-order valence-electron chi connectivity index (χ0n) is 12.1. The van der Waals surface area contributed by atoms with Crippen molar-refractivity contribution >= 4 is 39.7 Å². The fourth-order valence-electron chi connectivity index (χ4n) is 2.12. The van der Waals surface area contributed by atoms with E-state index in [1.165, 1.54) is 17.4 Å². The molecule has 1 N–H and O–H groups in total. The molecule has 0 bridgehead atoms. The molecule has 7 heteroatoms. The fourth-order valence-corrected chi connectivity index (χ4v) is 3.52. The standard InChI is InChI=1S/C16H13N3O2S2/c20-13(6-5-11-2-1-8-22-11)17-16-12(7-9-23-16)15-18-14(19-21-15)10-3-4-10/h1-2,5-10H,3-4H2,(H,17,20). The van der Waals surface area contributed by atoms with Crippen LogP contribution >= 0.6 is 22.7 Å². The van der Waals surface area contributed by atoms with Crippen LogP contribution < -0.4 is 5.32 Å². The highest BCUT2D eigenvalue weighted by Gasteiger charge is 2.29. The third-order valence-corrected chi connectivity index (χ3v) is 5.13. The van der Waals surface area contributed by atoms with Crippen LogP contribution in [0.5, 0.6) is 0 Å². The molecule has 0 saturated heterocycles. The molecule has 0 unspecified atom stereocenters. The van der Waals surface area contributed by atoms with E-state index in [1.54, 1.807) is 17.4 Å². The summed E-state index contributed by atoms with van der Waals surface area (Å²) < 4.78 is 5.33. The maximum atomic E-state index is 12.1. The Labute approximate surface area is 140 Å². The van der Waals surface area contributed by atoms with Crippen molar-refractivity contribution < 1.29 is 9.32 Å². The van der Waals surface area contributed by atoms with E-state index in [0.29, 0.717) is 11.8 Å². The van der Waals surface area contributed by atoms with Gasteiger partial charge in [0.15, 0.2) is 5.82 Å². The van der Waals surface area contributed by atoms with Crippen LogP contribution in [0.4, 0.5) is 5.00 Å². The summed E-state index contributed by atoms with van der Waals surface area (Å²) in [5, 5.41) is 11.5. The van der Waals surface area contributed by atoms with Gasteiger partial charge in [0.1, 0.15) is 5.00 Å². The molecule has 3 aromatic heterocycles. The van der Waals surface area contributed by atoms with Crippen molar-refractivity contribution in [1.29, 1.82) is 0 Å². The molecule has 0 spiro atoms. The van der Waals surface area contributed by atoms with Gasteiger partial charge in [-0.2, -0.15) is 4.98 Å². The topological polar surface area (TPSA) is 68.0 Å². The number of nitrogens with one attached hydrogen (secondary N) is 1. The van der Waals surface area contributed by atoms with Gasteiger partial charge in [-0.3, -0.25) is 4.79 Å². The summed E-state index contributed by atoms with van der Waals surface area (Å²) in [4.78, 5) is 17.5. The average Bonchev–Trinajstić information content (AvgIpc) is 2.99. The zero-order valence-corrected chi connectivity index (χ0v) is 13.7. The normalized spacial score (nSPS) is 14.4. The highest BCUT2D eigenvalue weighted by molar-refractivity contribution is 7.15. The molecule has 0 aliphatic heterocycles. The first-order valence-corrected chi connectivity index (χ1v) is 8.99. The maximum Gasteiger partial charge on any atom is 0.260 e. The first kappa shape index (κ1) is 14.3. The molecule has 1 aliphatic rings. The van der Waals surface area contributed by atoms with Gasteiger partial charge in [0.25, 0.3) is 5.89 Å². The molecule has 1 aliphatic carbocycles. The van der Waals surface area contributed by atoms with Crippen LogP contribution in [0.3, 0.4) is 0 Å². The predicted molar refractivity (Wildman–Crippen MR) is 91.6 cm³/mol. The van der Waals surface area contributed by atoms with Crippen LogP contribution in [0, 0.1) is 0 Å². The van der Waals surface area contributed by atoms with Crippen molar-refractivity contribution in [3.63, 3.8) is 0 Å². The van der Waals surface area contributed by atoms with Crippen molar-refractivity contribution in [2.24, 2.45) is 0 Å². The quantitative estimate of drug-likeness (QED) is 0.698. The van der Waals surface area contributed by atoms with Crippen LogP contribution in [0.1, 0.15) is 29.5 Å². The summed E-state index contributed by atoms with van der Waals surface area (Å²) in [5.41, 5.74) is 0.771. The smallest absolute Gasteiger partial charge is 0.260 e. The van der Waals surface area contributed by atoms with Crippen LogP contribution in [-0.2, 0) is 4.79 Å². The molecule has 5 nitrogen and oxygen atoms in total. The number of amides is 1. The SMILES string of the molecule is O=C(C=Cc1cccs1)Nc1sccc1-c1nc(C2CC2)no1. The highest BCUT2D eigenvalue weighted by atomic mass is 32.1. The third kappa shape index (κ3) is 3.25. The van der Waals surface area contributed by atoms with Crippen molar-refractivity contribution in [1.82, 2.24) is 10.1 Å². The van der Waals surface area contributed by atoms with E-state index in [1.807, 2.05) is 29.0 Å². The third-order valence-electron chi connectivity index (χ3n) is 3.46. The Morgan fingerprint density at radius 2 is 2.22 bits per heavy atom. The van der Waals surface area contributed by atoms with Crippen molar-refractivity contribution in [2.75, 3.05) is 5.32 Å². The molecule has 23 heavy (non-hydrogen) atoms. The zero-order chi connectivity index (χ0) is 15.6. The Hall–Kier alpha value is -2.25. The number of rotatable bonds is 5. The monoisotopic (exact) mass is 343 g/mol. The van der Waals surface area contributed by atoms with E-state index < -0.39 is 0 Å². The lowest BCUT2D eigenvalue weighted by Gasteiger charge is -2.00. The van der Waals surface area contributed by atoms with Crippen LogP contribution in [0.2, 0.25) is 0 Å². The largest absolute Gasteiger partial charge is 0.334 e. The lowest BCUT2D eigenvalue weighted by Crippen LogP contribution is -2.07. The molecule has 0 radical (unpaired) electrons. The van der Waals surface area contributed by atoms with Crippen molar-refractivity contribution in [3.8, 4) is 11.5 Å². The molecule has 3 heterocycles. The van der Waals surface area contributed by atoms with E-state index in [-0.39, 0.29) is 5.91 Å². The molecule has 1 fully saturated rings. The number of hydrogen-bond donors (Lipinski definition) is 1. The molecular formula is C16H13N3O2S2. The van der Waals surface area contributed by atoms with Crippen LogP contribution in [0.15, 0.2) is 39.6 Å². The Kier molecular flexibility index (Phi) is 3.80. The summed E-state index contributed by atoms with van der Waals surface area (Å²) in [7, 11) is 0. The number of thiophene rings is 2. The van der Waals surface area contributed by atoms with Gasteiger partial charge in [0.05, 0.1) is 5.56 Å². The lowest BCUT2D eigenvalue weighted by molar-refractivity contribution is -0.111. The molecule has 1 saturated carbocycles. The van der Waals surface area contributed by atoms with E-state index in [0.717, 1.165) is 34.1 Å². The van der Waals surface area contributed by atoms with Gasteiger partial charge >= 0.3 is 0 Å². The van der Waals surface area contributed by atoms with Gasteiger partial charge in [-0.15, -0.1) is 22.7 Å². The average molecular weight is 343 g/mol. The lowest BCUT2D eigenvalue weighted by atomic mass is 10.3. The van der Waals surface area contributed by atoms with E-state index in [2.05, 4.69) is 15.5 Å². The Morgan fingerprint density at radius 1 is 1.30 bits per heavy atom.